The fourth-order valence-electron chi connectivity index (χ4n) is 4.00. The summed E-state index contributed by atoms with van der Waals surface area (Å²) in [5.74, 6) is 0.940. The van der Waals surface area contributed by atoms with Crippen LogP contribution in [-0.4, -0.2) is 59.0 Å². The molecule has 0 N–H and O–H groups in total. The average molecular weight is 540 g/mol. The SMILES string of the molecule is CN1CCc2cc(OCCCN(CCc3cccnc3)Cc3ccncc3)ccc2C1=O.Cl.Cl.Cl. The smallest absolute Gasteiger partial charge is 0.253 e. The highest BCUT2D eigenvalue weighted by molar-refractivity contribution is 5.96. The fourth-order valence-corrected chi connectivity index (χ4v) is 4.00. The number of aromatic nitrogens is 2. The van der Waals surface area contributed by atoms with Crippen molar-refractivity contribution in [1.82, 2.24) is 19.8 Å². The largest absolute Gasteiger partial charge is 0.494 e. The number of nitrogens with zero attached hydrogens (tertiary/aromatic N) is 4. The van der Waals surface area contributed by atoms with E-state index in [0.29, 0.717) is 6.61 Å². The number of pyridine rings is 2. The van der Waals surface area contributed by atoms with E-state index < -0.39 is 0 Å². The monoisotopic (exact) mass is 538 g/mol. The molecule has 0 fully saturated rings. The number of likely N-dealkylation sites (N-methyl/N-ethyl adjacent to an activating group) is 1. The molecule has 0 atom stereocenters. The van der Waals surface area contributed by atoms with Gasteiger partial charge < -0.3 is 9.64 Å². The zero-order valence-electron chi connectivity index (χ0n) is 19.8. The maximum Gasteiger partial charge on any atom is 0.253 e. The molecule has 1 aliphatic rings. The molecule has 0 saturated heterocycles. The molecule has 190 valence electrons. The maximum absolute atomic E-state index is 12.2. The zero-order valence-corrected chi connectivity index (χ0v) is 22.3. The van der Waals surface area contributed by atoms with Crippen molar-refractivity contribution in [3.63, 3.8) is 0 Å². The van der Waals surface area contributed by atoms with Crippen molar-refractivity contribution >= 4 is 43.1 Å². The Bertz CT molecular complexity index is 1030. The van der Waals surface area contributed by atoms with Gasteiger partial charge in [-0.05, 0) is 72.4 Å². The molecular formula is C26H33Cl3N4O2. The van der Waals surface area contributed by atoms with E-state index in [4.69, 9.17) is 4.74 Å². The number of carbonyl (C=O) groups is 1. The van der Waals surface area contributed by atoms with Gasteiger partial charge >= 0.3 is 0 Å². The first-order valence-corrected chi connectivity index (χ1v) is 11.2. The van der Waals surface area contributed by atoms with E-state index in [0.717, 1.165) is 62.3 Å². The molecule has 0 saturated carbocycles. The predicted octanol–water partition coefficient (Wildman–Crippen LogP) is 4.88. The normalized spacial score (nSPS) is 12.2. The van der Waals surface area contributed by atoms with Crippen LogP contribution in [0, 0.1) is 0 Å². The molecule has 0 radical (unpaired) electrons. The topological polar surface area (TPSA) is 58.6 Å². The summed E-state index contributed by atoms with van der Waals surface area (Å²) in [6, 6.07) is 14.1. The number of fused-ring (bicyclic) bond motifs is 1. The van der Waals surface area contributed by atoms with Crippen LogP contribution < -0.4 is 4.74 Å². The zero-order chi connectivity index (χ0) is 22.2. The number of ether oxygens (including phenoxy) is 1. The first-order chi connectivity index (χ1) is 15.7. The molecule has 9 heteroatoms. The molecule has 0 bridgehead atoms. The van der Waals surface area contributed by atoms with Gasteiger partial charge in [0.15, 0.2) is 0 Å². The van der Waals surface area contributed by atoms with E-state index in [2.05, 4.69) is 33.1 Å². The summed E-state index contributed by atoms with van der Waals surface area (Å²) >= 11 is 0. The number of benzene rings is 1. The molecule has 3 heterocycles. The van der Waals surface area contributed by atoms with Crippen LogP contribution in [0.25, 0.3) is 0 Å². The van der Waals surface area contributed by atoms with Gasteiger partial charge in [0.2, 0.25) is 0 Å². The summed E-state index contributed by atoms with van der Waals surface area (Å²) in [6.45, 7) is 4.19. The van der Waals surface area contributed by atoms with Crippen molar-refractivity contribution in [2.24, 2.45) is 0 Å². The van der Waals surface area contributed by atoms with Gasteiger partial charge in [-0.15, -0.1) is 37.2 Å². The Morgan fingerprint density at radius 1 is 0.971 bits per heavy atom. The molecule has 1 aliphatic heterocycles. The lowest BCUT2D eigenvalue weighted by Gasteiger charge is -2.25. The van der Waals surface area contributed by atoms with E-state index in [-0.39, 0.29) is 43.1 Å². The summed E-state index contributed by atoms with van der Waals surface area (Å²) in [6.07, 6.45) is 10.2. The summed E-state index contributed by atoms with van der Waals surface area (Å²) in [5.41, 5.74) is 4.39. The van der Waals surface area contributed by atoms with Crippen LogP contribution in [0.3, 0.4) is 0 Å². The van der Waals surface area contributed by atoms with Gasteiger partial charge in [-0.3, -0.25) is 19.7 Å². The third-order valence-electron chi connectivity index (χ3n) is 5.85. The number of rotatable bonds is 10. The van der Waals surface area contributed by atoms with Crippen LogP contribution in [-0.2, 0) is 19.4 Å². The minimum atomic E-state index is 0. The number of carbonyl (C=O) groups excluding carboxylic acids is 1. The predicted molar refractivity (Wildman–Crippen MR) is 146 cm³/mol. The summed E-state index contributed by atoms with van der Waals surface area (Å²) in [7, 11) is 1.85. The lowest BCUT2D eigenvalue weighted by atomic mass is 9.99. The highest BCUT2D eigenvalue weighted by Crippen LogP contribution is 2.23. The third-order valence-corrected chi connectivity index (χ3v) is 5.85. The first kappa shape index (κ1) is 30.7. The van der Waals surface area contributed by atoms with Gasteiger partial charge in [0, 0.05) is 63.6 Å². The standard InChI is InChI=1S/C26H30N4O2.3ClH/c1-29-15-10-23-18-24(5-6-25(23)26(29)31)32-17-3-14-30(20-22-7-12-27-13-8-22)16-9-21-4-2-11-28-19-21;;;/h2,4-8,11-13,18-19H,3,9-10,14-17,20H2,1H3;3*1H. The number of hydrogen-bond acceptors (Lipinski definition) is 5. The van der Waals surface area contributed by atoms with Crippen molar-refractivity contribution in [2.75, 3.05) is 33.3 Å². The molecule has 6 nitrogen and oxygen atoms in total. The summed E-state index contributed by atoms with van der Waals surface area (Å²) < 4.78 is 6.03. The molecule has 1 amide bonds. The Hall–Kier alpha value is -2.38. The van der Waals surface area contributed by atoms with Gasteiger partial charge in [0.25, 0.3) is 5.91 Å². The van der Waals surface area contributed by atoms with E-state index in [9.17, 15) is 4.79 Å². The van der Waals surface area contributed by atoms with Gasteiger partial charge in [-0.1, -0.05) is 6.07 Å². The Morgan fingerprint density at radius 3 is 2.51 bits per heavy atom. The van der Waals surface area contributed by atoms with Crippen molar-refractivity contribution in [3.05, 3.63) is 89.5 Å². The second-order valence-electron chi connectivity index (χ2n) is 8.24. The second kappa shape index (κ2) is 15.6. The Labute approximate surface area is 226 Å². The van der Waals surface area contributed by atoms with E-state index in [1.54, 1.807) is 4.90 Å². The minimum absolute atomic E-state index is 0. The van der Waals surface area contributed by atoms with E-state index >= 15 is 0 Å². The van der Waals surface area contributed by atoms with Crippen LogP contribution in [0.5, 0.6) is 5.75 Å². The molecule has 3 aromatic rings. The van der Waals surface area contributed by atoms with Crippen LogP contribution in [0.1, 0.15) is 33.5 Å². The molecule has 0 spiro atoms. The van der Waals surface area contributed by atoms with Crippen LogP contribution in [0.15, 0.2) is 67.3 Å². The van der Waals surface area contributed by atoms with Crippen LogP contribution in [0.2, 0.25) is 0 Å². The molecule has 1 aromatic carbocycles. The molecule has 0 aliphatic carbocycles. The first-order valence-electron chi connectivity index (χ1n) is 11.2. The number of amides is 1. The fraction of sp³-hybridized carbons (Fsp3) is 0.346. The van der Waals surface area contributed by atoms with Gasteiger partial charge in [0.1, 0.15) is 5.75 Å². The summed E-state index contributed by atoms with van der Waals surface area (Å²) in [5, 5.41) is 0. The summed E-state index contributed by atoms with van der Waals surface area (Å²) in [4.78, 5) is 24.8. The van der Waals surface area contributed by atoms with Crippen molar-refractivity contribution in [3.8, 4) is 5.75 Å². The highest BCUT2D eigenvalue weighted by atomic mass is 35.5. The maximum atomic E-state index is 12.2. The molecule has 2 aromatic heterocycles. The van der Waals surface area contributed by atoms with Gasteiger partial charge in [-0.25, -0.2) is 0 Å². The number of halogens is 3. The van der Waals surface area contributed by atoms with Gasteiger partial charge in [0.05, 0.1) is 6.61 Å². The van der Waals surface area contributed by atoms with Crippen molar-refractivity contribution in [1.29, 1.82) is 0 Å². The van der Waals surface area contributed by atoms with Crippen molar-refractivity contribution in [2.45, 2.75) is 25.8 Å². The lowest BCUT2D eigenvalue weighted by molar-refractivity contribution is 0.0780. The van der Waals surface area contributed by atoms with Crippen LogP contribution >= 0.6 is 37.2 Å². The number of hydrogen-bond donors (Lipinski definition) is 0. The van der Waals surface area contributed by atoms with Crippen molar-refractivity contribution < 1.29 is 9.53 Å². The van der Waals surface area contributed by atoms with Gasteiger partial charge in [-0.2, -0.15) is 0 Å². The van der Waals surface area contributed by atoms with Crippen LogP contribution in [0.4, 0.5) is 0 Å². The Kier molecular flexibility index (Phi) is 13.6. The Morgan fingerprint density at radius 2 is 1.77 bits per heavy atom. The Balaban J connectivity index is 0.00000204. The quantitative estimate of drug-likeness (QED) is 0.344. The molecule has 4 rings (SSSR count). The molecule has 0 unspecified atom stereocenters. The van der Waals surface area contributed by atoms with E-state index in [1.807, 2.05) is 56.1 Å². The average Bonchev–Trinajstić information content (AvgIpc) is 2.84. The minimum Gasteiger partial charge on any atom is -0.494 e. The highest BCUT2D eigenvalue weighted by Gasteiger charge is 2.21. The third kappa shape index (κ3) is 8.97. The lowest BCUT2D eigenvalue weighted by Crippen LogP contribution is -2.34. The molecule has 35 heavy (non-hydrogen) atoms. The second-order valence-corrected chi connectivity index (χ2v) is 8.24. The molecular weight excluding hydrogens is 507 g/mol. The van der Waals surface area contributed by atoms with E-state index in [1.165, 1.54) is 11.1 Å².